The molecule has 0 spiro atoms. The van der Waals surface area contributed by atoms with Crippen LogP contribution in [-0.4, -0.2) is 0 Å². The Bertz CT molecular complexity index is 2410. The van der Waals surface area contributed by atoms with Crippen molar-refractivity contribution in [3.05, 3.63) is 161 Å². The molecule has 0 heterocycles. The predicted octanol–water partition coefficient (Wildman–Crippen LogP) is 15.6. The van der Waals surface area contributed by atoms with Gasteiger partial charge in [-0.25, -0.2) is 0 Å². The van der Waals surface area contributed by atoms with Gasteiger partial charge >= 0.3 is 0 Å². The molecule has 5 saturated carbocycles. The molecule has 5 fully saturated rings. The maximum absolute atomic E-state index is 2.51. The van der Waals surface area contributed by atoms with E-state index in [1.807, 2.05) is 0 Å². The molecule has 1 heteroatoms. The number of hydrogen-bond donors (Lipinski definition) is 0. The SMILES string of the molecule is Cc1ccc2c(c1)C(C)(C)c1cc(N(c3ccc(-c4ccccc4-c4ccc(C5CCCCC5)cc4)cc3)c3ccc(C45CC6CC(CC(C6)C4)C5)cc3)ccc1-2. The summed E-state index contributed by atoms with van der Waals surface area (Å²) in [7, 11) is 0. The summed E-state index contributed by atoms with van der Waals surface area (Å²) in [5.74, 6) is 3.56. The largest absolute Gasteiger partial charge is 0.310 e. The molecule has 0 amide bonds. The van der Waals surface area contributed by atoms with Crippen LogP contribution in [0, 0.1) is 24.7 Å². The fourth-order valence-corrected chi connectivity index (χ4v) is 13.0. The van der Waals surface area contributed by atoms with Crippen LogP contribution in [0.4, 0.5) is 17.1 Å². The van der Waals surface area contributed by atoms with E-state index in [0.717, 1.165) is 23.7 Å². The minimum atomic E-state index is -0.0666. The van der Waals surface area contributed by atoms with Crippen molar-refractivity contribution in [3.8, 4) is 33.4 Å². The molecule has 0 N–H and O–H groups in total. The van der Waals surface area contributed by atoms with Crippen LogP contribution in [0.3, 0.4) is 0 Å². The molecule has 6 aliphatic carbocycles. The first-order valence-corrected chi connectivity index (χ1v) is 22.3. The van der Waals surface area contributed by atoms with Crippen LogP contribution in [0.2, 0.25) is 0 Å². The smallest absolute Gasteiger partial charge is 0.0465 e. The van der Waals surface area contributed by atoms with Crippen molar-refractivity contribution in [1.29, 1.82) is 0 Å². The van der Waals surface area contributed by atoms with Gasteiger partial charge in [0.15, 0.2) is 0 Å². The molecule has 0 aliphatic heterocycles. The van der Waals surface area contributed by atoms with E-state index in [4.69, 9.17) is 0 Å². The summed E-state index contributed by atoms with van der Waals surface area (Å²) in [6.07, 6.45) is 15.4. The molecular formula is C56H57N. The number of rotatable bonds is 7. The molecule has 4 bridgehead atoms. The summed E-state index contributed by atoms with van der Waals surface area (Å²) in [4.78, 5) is 2.51. The first-order chi connectivity index (χ1) is 27.8. The Morgan fingerprint density at radius 1 is 0.491 bits per heavy atom. The minimum Gasteiger partial charge on any atom is -0.310 e. The third kappa shape index (κ3) is 6.02. The van der Waals surface area contributed by atoms with Gasteiger partial charge in [-0.2, -0.15) is 0 Å². The zero-order valence-corrected chi connectivity index (χ0v) is 34.2. The van der Waals surface area contributed by atoms with Gasteiger partial charge in [0.25, 0.3) is 0 Å². The van der Waals surface area contributed by atoms with Gasteiger partial charge in [0.2, 0.25) is 0 Å². The van der Waals surface area contributed by atoms with E-state index >= 15 is 0 Å². The third-order valence-electron chi connectivity index (χ3n) is 15.5. The van der Waals surface area contributed by atoms with Crippen LogP contribution >= 0.6 is 0 Å². The van der Waals surface area contributed by atoms with Crippen molar-refractivity contribution in [1.82, 2.24) is 0 Å². The first-order valence-electron chi connectivity index (χ1n) is 22.3. The Morgan fingerprint density at radius 2 is 1.00 bits per heavy atom. The van der Waals surface area contributed by atoms with Crippen LogP contribution in [0.1, 0.15) is 118 Å². The number of benzene rings is 6. The molecule has 286 valence electrons. The molecule has 0 saturated heterocycles. The van der Waals surface area contributed by atoms with Gasteiger partial charge in [0.05, 0.1) is 0 Å². The van der Waals surface area contributed by atoms with Gasteiger partial charge < -0.3 is 4.90 Å². The lowest BCUT2D eigenvalue weighted by Gasteiger charge is -2.57. The zero-order valence-electron chi connectivity index (χ0n) is 34.2. The number of nitrogens with zero attached hydrogens (tertiary/aromatic N) is 1. The number of hydrogen-bond acceptors (Lipinski definition) is 1. The van der Waals surface area contributed by atoms with Crippen LogP contribution in [0.25, 0.3) is 33.4 Å². The number of aryl methyl sites for hydroxylation is 1. The topological polar surface area (TPSA) is 3.24 Å². The summed E-state index contributed by atoms with van der Waals surface area (Å²) >= 11 is 0. The Labute approximate surface area is 341 Å². The third-order valence-corrected chi connectivity index (χ3v) is 15.5. The van der Waals surface area contributed by atoms with Gasteiger partial charge in [-0.15, -0.1) is 0 Å². The van der Waals surface area contributed by atoms with E-state index in [9.17, 15) is 0 Å². The van der Waals surface area contributed by atoms with Crippen LogP contribution < -0.4 is 4.90 Å². The van der Waals surface area contributed by atoms with E-state index in [1.165, 1.54) is 143 Å². The zero-order chi connectivity index (χ0) is 38.3. The van der Waals surface area contributed by atoms with E-state index in [1.54, 1.807) is 5.56 Å². The Kier molecular flexibility index (Phi) is 8.43. The molecule has 0 aromatic heterocycles. The second-order valence-corrected chi connectivity index (χ2v) is 19.5. The first kappa shape index (κ1) is 35.3. The molecule has 0 atom stereocenters. The Balaban J connectivity index is 0.961. The van der Waals surface area contributed by atoms with Gasteiger partial charge in [-0.1, -0.05) is 136 Å². The van der Waals surface area contributed by atoms with E-state index in [2.05, 4.69) is 159 Å². The lowest BCUT2D eigenvalue weighted by molar-refractivity contribution is -0.00518. The average Bonchev–Trinajstić information content (AvgIpc) is 3.46. The highest BCUT2D eigenvalue weighted by Gasteiger charge is 2.51. The van der Waals surface area contributed by atoms with Crippen molar-refractivity contribution in [3.63, 3.8) is 0 Å². The summed E-state index contributed by atoms with van der Waals surface area (Å²) < 4.78 is 0. The number of fused-ring (bicyclic) bond motifs is 3. The summed E-state index contributed by atoms with van der Waals surface area (Å²) in [5, 5.41) is 0. The van der Waals surface area contributed by atoms with E-state index < -0.39 is 0 Å². The summed E-state index contributed by atoms with van der Waals surface area (Å²) in [6.45, 7) is 7.03. The molecule has 12 rings (SSSR count). The molecular weight excluding hydrogens is 687 g/mol. The molecule has 0 radical (unpaired) electrons. The van der Waals surface area contributed by atoms with Crippen molar-refractivity contribution in [2.75, 3.05) is 4.90 Å². The average molecular weight is 744 g/mol. The standard InChI is InChI=1S/C56H57N/c1-37-13-27-51-52-28-26-48(33-54(52)55(2,3)53(51)29-37)57(47-24-20-45(21-25-47)56-34-38-30-39(35-56)32-40(31-38)36-56)46-22-18-44(19-23-46)50-12-8-7-11-49(50)43-16-14-42(15-17-43)41-9-5-4-6-10-41/h7-8,11-29,33,38-41H,4-6,9-10,30-32,34-36H2,1-3H3. The Morgan fingerprint density at radius 3 is 1.60 bits per heavy atom. The van der Waals surface area contributed by atoms with Gasteiger partial charge in [-0.05, 0) is 179 Å². The fraction of sp³-hybridized carbons (Fsp3) is 0.357. The Hall–Kier alpha value is -4.88. The second kappa shape index (κ2) is 13.6. The minimum absolute atomic E-state index is 0.0666. The highest BCUT2D eigenvalue weighted by Crippen LogP contribution is 2.61. The number of anilines is 3. The lowest BCUT2D eigenvalue weighted by Crippen LogP contribution is -2.48. The predicted molar refractivity (Wildman–Crippen MR) is 240 cm³/mol. The van der Waals surface area contributed by atoms with Crippen molar-refractivity contribution >= 4 is 17.1 Å². The van der Waals surface area contributed by atoms with Crippen LogP contribution in [-0.2, 0) is 10.8 Å². The summed E-state index contributed by atoms with van der Waals surface area (Å²) in [6, 6.07) is 52.0. The van der Waals surface area contributed by atoms with Gasteiger partial charge in [0.1, 0.15) is 0 Å². The van der Waals surface area contributed by atoms with Crippen LogP contribution in [0.15, 0.2) is 133 Å². The molecule has 57 heavy (non-hydrogen) atoms. The molecule has 6 aliphatic rings. The van der Waals surface area contributed by atoms with Gasteiger partial charge in [-0.3, -0.25) is 0 Å². The second-order valence-electron chi connectivity index (χ2n) is 19.5. The summed E-state index contributed by atoms with van der Waals surface area (Å²) in [5.41, 5.74) is 19.1. The van der Waals surface area contributed by atoms with Crippen molar-refractivity contribution in [2.24, 2.45) is 17.8 Å². The quantitative estimate of drug-likeness (QED) is 0.157. The highest BCUT2D eigenvalue weighted by molar-refractivity contribution is 5.88. The maximum Gasteiger partial charge on any atom is 0.0465 e. The van der Waals surface area contributed by atoms with Crippen molar-refractivity contribution in [2.45, 2.75) is 108 Å². The molecule has 6 aromatic carbocycles. The monoisotopic (exact) mass is 743 g/mol. The molecule has 1 nitrogen and oxygen atoms in total. The van der Waals surface area contributed by atoms with Crippen molar-refractivity contribution < 1.29 is 0 Å². The fourth-order valence-electron chi connectivity index (χ4n) is 13.0. The normalized spacial score (nSPS) is 24.3. The van der Waals surface area contributed by atoms with E-state index in [0.29, 0.717) is 5.41 Å². The molecule has 6 aromatic rings. The lowest BCUT2D eigenvalue weighted by atomic mass is 9.48. The van der Waals surface area contributed by atoms with Crippen LogP contribution in [0.5, 0.6) is 0 Å². The van der Waals surface area contributed by atoms with E-state index in [-0.39, 0.29) is 5.41 Å². The molecule has 0 unspecified atom stereocenters. The van der Waals surface area contributed by atoms with Gasteiger partial charge in [0, 0.05) is 22.5 Å². The maximum atomic E-state index is 2.51. The highest BCUT2D eigenvalue weighted by atomic mass is 15.1.